The number of hydrogen-bond donors (Lipinski definition) is 2. The Balaban J connectivity index is 1.77. The zero-order valence-corrected chi connectivity index (χ0v) is 19.7. The molecule has 14 heteroatoms. The third-order valence-electron chi connectivity index (χ3n) is 4.80. The van der Waals surface area contributed by atoms with Gasteiger partial charge in [-0.2, -0.15) is 18.3 Å². The van der Waals surface area contributed by atoms with Crippen molar-refractivity contribution in [1.29, 1.82) is 0 Å². The van der Waals surface area contributed by atoms with E-state index in [0.29, 0.717) is 9.39 Å². The van der Waals surface area contributed by atoms with E-state index in [-0.39, 0.29) is 44.6 Å². The molecule has 4 heterocycles. The highest BCUT2D eigenvalue weighted by atomic mass is 32.1. The quantitative estimate of drug-likeness (QED) is 0.361. The Morgan fingerprint density at radius 2 is 2.00 bits per heavy atom. The van der Waals surface area contributed by atoms with E-state index in [1.807, 2.05) is 0 Å². The fourth-order valence-corrected chi connectivity index (χ4v) is 5.02. The summed E-state index contributed by atoms with van der Waals surface area (Å²) >= 11 is 1.96. The summed E-state index contributed by atoms with van der Waals surface area (Å²) in [5, 5.41) is 7.89. The molecule has 4 aromatic rings. The number of fused-ring (bicyclic) bond motifs is 1. The Morgan fingerprint density at radius 3 is 2.60 bits per heavy atom. The number of hydrogen-bond acceptors (Lipinski definition) is 8. The third kappa shape index (κ3) is 4.61. The third-order valence-corrected chi connectivity index (χ3v) is 6.92. The highest BCUT2D eigenvalue weighted by Crippen LogP contribution is 2.35. The Kier molecular flexibility index (Phi) is 6.34. The molecule has 0 aliphatic heterocycles. The Morgan fingerprint density at radius 1 is 1.26 bits per heavy atom. The van der Waals surface area contributed by atoms with Gasteiger partial charge in [-0.25, -0.2) is 14.3 Å². The molecule has 182 valence electrons. The van der Waals surface area contributed by atoms with Crippen LogP contribution in [0.15, 0.2) is 29.6 Å². The predicted molar refractivity (Wildman–Crippen MR) is 123 cm³/mol. The first kappa shape index (κ1) is 24.3. The SMILES string of the molecule is CCOC(=O)c1c(NC(=O)c2cc3nc(-c4cccs4)cc(C(F)(F)F)n3n2)sc(C(N)=O)c1C. The number of nitrogens with two attached hydrogens (primary N) is 1. The number of rotatable bonds is 6. The summed E-state index contributed by atoms with van der Waals surface area (Å²) in [5.74, 6) is -2.52. The van der Waals surface area contributed by atoms with Gasteiger partial charge in [0, 0.05) is 6.07 Å². The van der Waals surface area contributed by atoms with Crippen LogP contribution < -0.4 is 11.1 Å². The minimum Gasteiger partial charge on any atom is -0.462 e. The van der Waals surface area contributed by atoms with Gasteiger partial charge < -0.3 is 15.8 Å². The maximum Gasteiger partial charge on any atom is 0.433 e. The molecule has 0 bridgehead atoms. The van der Waals surface area contributed by atoms with Crippen molar-refractivity contribution in [3.8, 4) is 10.6 Å². The highest BCUT2D eigenvalue weighted by molar-refractivity contribution is 7.18. The standard InChI is InChI=1S/C21H16F3N5O4S2/c1-3-33-20(32)15-9(2)16(17(25)30)35-19(15)27-18(31)11-8-14-26-10(12-5-4-6-34-12)7-13(21(22,23)24)29(14)28-11/h4-8H,3H2,1-2H3,(H2,25,30)(H,27,31). The average Bonchev–Trinajstić information content (AvgIpc) is 3.51. The van der Waals surface area contributed by atoms with Crippen molar-refractivity contribution in [3.63, 3.8) is 0 Å². The molecule has 0 radical (unpaired) electrons. The Labute approximate surface area is 203 Å². The molecule has 0 saturated heterocycles. The molecule has 3 N–H and O–H groups in total. The van der Waals surface area contributed by atoms with Crippen LogP contribution in [0.25, 0.3) is 16.2 Å². The van der Waals surface area contributed by atoms with Gasteiger partial charge >= 0.3 is 12.1 Å². The number of nitrogens with one attached hydrogen (secondary N) is 1. The molecule has 9 nitrogen and oxygen atoms in total. The van der Waals surface area contributed by atoms with Crippen molar-refractivity contribution in [2.75, 3.05) is 11.9 Å². The van der Waals surface area contributed by atoms with E-state index in [1.54, 1.807) is 24.4 Å². The maximum absolute atomic E-state index is 13.8. The van der Waals surface area contributed by atoms with E-state index < -0.39 is 29.7 Å². The summed E-state index contributed by atoms with van der Waals surface area (Å²) in [7, 11) is 0. The van der Waals surface area contributed by atoms with Crippen LogP contribution in [-0.2, 0) is 10.9 Å². The molecular formula is C21H16F3N5O4S2. The summed E-state index contributed by atoms with van der Waals surface area (Å²) in [6.07, 6.45) is -4.77. The number of halogens is 3. The molecular weight excluding hydrogens is 507 g/mol. The second-order valence-electron chi connectivity index (χ2n) is 7.10. The van der Waals surface area contributed by atoms with E-state index >= 15 is 0 Å². The zero-order valence-electron chi connectivity index (χ0n) is 18.1. The normalized spacial score (nSPS) is 11.6. The number of alkyl halides is 3. The molecule has 0 saturated carbocycles. The molecule has 0 aliphatic rings. The van der Waals surface area contributed by atoms with Crippen LogP contribution in [0.5, 0.6) is 0 Å². The summed E-state index contributed by atoms with van der Waals surface area (Å²) in [5.41, 5.74) is 3.89. The van der Waals surface area contributed by atoms with Gasteiger partial charge in [-0.3, -0.25) is 9.59 Å². The van der Waals surface area contributed by atoms with Crippen LogP contribution in [0, 0.1) is 6.92 Å². The molecule has 35 heavy (non-hydrogen) atoms. The Bertz CT molecular complexity index is 1460. The number of carbonyl (C=O) groups excluding carboxylic acids is 3. The fraction of sp³-hybridized carbons (Fsp3) is 0.190. The summed E-state index contributed by atoms with van der Waals surface area (Å²) < 4.78 is 46.8. The van der Waals surface area contributed by atoms with Crippen LogP contribution in [0.4, 0.5) is 18.2 Å². The number of amides is 2. The van der Waals surface area contributed by atoms with Crippen LogP contribution in [0.2, 0.25) is 0 Å². The van der Waals surface area contributed by atoms with E-state index in [1.165, 1.54) is 18.3 Å². The van der Waals surface area contributed by atoms with Crippen LogP contribution in [0.3, 0.4) is 0 Å². The van der Waals surface area contributed by atoms with Gasteiger partial charge in [0.2, 0.25) is 0 Å². The topological polar surface area (TPSA) is 129 Å². The maximum atomic E-state index is 13.8. The van der Waals surface area contributed by atoms with Gasteiger partial charge in [0.15, 0.2) is 17.0 Å². The predicted octanol–water partition coefficient (Wildman–Crippen LogP) is 4.37. The number of ether oxygens (including phenoxy) is 1. The number of primary amides is 1. The second kappa shape index (κ2) is 9.11. The smallest absolute Gasteiger partial charge is 0.433 e. The summed E-state index contributed by atoms with van der Waals surface area (Å²) in [6, 6.07) is 5.26. The minimum absolute atomic E-state index is 0.0277. The summed E-state index contributed by atoms with van der Waals surface area (Å²) in [6.45, 7) is 3.09. The largest absolute Gasteiger partial charge is 0.462 e. The number of anilines is 1. The molecule has 0 aromatic carbocycles. The monoisotopic (exact) mass is 523 g/mol. The molecule has 2 amide bonds. The van der Waals surface area contributed by atoms with Crippen molar-refractivity contribution in [1.82, 2.24) is 14.6 Å². The molecule has 0 unspecified atom stereocenters. The van der Waals surface area contributed by atoms with Gasteiger partial charge in [0.25, 0.3) is 11.8 Å². The molecule has 4 rings (SSSR count). The molecule has 0 atom stereocenters. The van der Waals surface area contributed by atoms with Gasteiger partial charge in [-0.05, 0) is 36.9 Å². The van der Waals surface area contributed by atoms with Crippen molar-refractivity contribution >= 4 is 51.1 Å². The average molecular weight is 524 g/mol. The molecule has 0 fully saturated rings. The van der Waals surface area contributed by atoms with E-state index in [0.717, 1.165) is 23.5 Å². The van der Waals surface area contributed by atoms with E-state index in [2.05, 4.69) is 15.4 Å². The van der Waals surface area contributed by atoms with Crippen molar-refractivity contribution in [2.45, 2.75) is 20.0 Å². The van der Waals surface area contributed by atoms with Crippen LogP contribution in [-0.4, -0.2) is 39.0 Å². The zero-order chi connectivity index (χ0) is 25.5. The number of thiophene rings is 2. The van der Waals surface area contributed by atoms with Crippen LogP contribution in [0.1, 0.15) is 48.7 Å². The van der Waals surface area contributed by atoms with E-state index in [9.17, 15) is 27.6 Å². The minimum atomic E-state index is -4.77. The molecule has 0 aliphatic carbocycles. The molecule has 0 spiro atoms. The highest BCUT2D eigenvalue weighted by Gasteiger charge is 2.36. The van der Waals surface area contributed by atoms with Crippen molar-refractivity contribution in [3.05, 3.63) is 57.0 Å². The van der Waals surface area contributed by atoms with Gasteiger partial charge in [0.05, 0.1) is 27.6 Å². The molecule has 4 aromatic heterocycles. The lowest BCUT2D eigenvalue weighted by Gasteiger charge is -2.10. The van der Waals surface area contributed by atoms with Gasteiger partial charge in [-0.1, -0.05) is 6.07 Å². The van der Waals surface area contributed by atoms with Crippen molar-refractivity contribution < 1.29 is 32.3 Å². The van der Waals surface area contributed by atoms with Crippen LogP contribution >= 0.6 is 22.7 Å². The van der Waals surface area contributed by atoms with Crippen molar-refractivity contribution in [2.24, 2.45) is 5.73 Å². The van der Waals surface area contributed by atoms with E-state index in [4.69, 9.17) is 10.5 Å². The lowest BCUT2D eigenvalue weighted by Crippen LogP contribution is -2.17. The number of nitrogens with zero attached hydrogens (tertiary/aromatic N) is 3. The number of esters is 1. The number of aromatic nitrogens is 3. The second-order valence-corrected chi connectivity index (χ2v) is 9.07. The first-order valence-electron chi connectivity index (χ1n) is 9.94. The fourth-order valence-electron chi connectivity index (χ4n) is 3.29. The van der Waals surface area contributed by atoms with Gasteiger partial charge in [0.1, 0.15) is 5.00 Å². The lowest BCUT2D eigenvalue weighted by molar-refractivity contribution is -0.142. The first-order chi connectivity index (χ1) is 16.5. The lowest BCUT2D eigenvalue weighted by atomic mass is 10.1. The Hall–Kier alpha value is -3.78. The van der Waals surface area contributed by atoms with Gasteiger partial charge in [-0.15, -0.1) is 22.7 Å². The first-order valence-corrected chi connectivity index (χ1v) is 11.6. The number of carbonyl (C=O) groups is 3. The summed E-state index contributed by atoms with van der Waals surface area (Å²) in [4.78, 5) is 41.8.